The van der Waals surface area contributed by atoms with Gasteiger partial charge in [0.05, 0.1) is 12.9 Å². The smallest absolute Gasteiger partial charge is 0.230 e. The number of benzene rings is 3. The van der Waals surface area contributed by atoms with E-state index in [1.165, 1.54) is 11.8 Å². The SMILES string of the molecule is COc1ccc(-c2nnc(SCC(=O)NCc3cccc(Cl)c3)n2-c2ccccc2)cc1. The monoisotopic (exact) mass is 464 g/mol. The maximum atomic E-state index is 12.4. The molecular weight excluding hydrogens is 444 g/mol. The van der Waals surface area contributed by atoms with Crippen LogP contribution in [0.15, 0.2) is 84.0 Å². The minimum absolute atomic E-state index is 0.0939. The number of amides is 1. The number of hydrogen-bond donors (Lipinski definition) is 1. The van der Waals surface area contributed by atoms with E-state index in [-0.39, 0.29) is 11.7 Å². The van der Waals surface area contributed by atoms with Crippen LogP contribution >= 0.6 is 23.4 Å². The topological polar surface area (TPSA) is 69.0 Å². The first-order valence-corrected chi connectivity index (χ1v) is 11.3. The highest BCUT2D eigenvalue weighted by atomic mass is 35.5. The molecule has 0 saturated carbocycles. The van der Waals surface area contributed by atoms with Crippen molar-refractivity contribution in [2.24, 2.45) is 0 Å². The number of ether oxygens (including phenoxy) is 1. The lowest BCUT2D eigenvalue weighted by Gasteiger charge is -2.11. The predicted molar refractivity (Wildman–Crippen MR) is 127 cm³/mol. The Bertz CT molecular complexity index is 1200. The number of nitrogens with zero attached hydrogens (tertiary/aromatic N) is 3. The molecule has 0 fully saturated rings. The molecule has 3 aromatic carbocycles. The van der Waals surface area contributed by atoms with Gasteiger partial charge in [-0.15, -0.1) is 10.2 Å². The summed E-state index contributed by atoms with van der Waals surface area (Å²) in [6, 6.07) is 24.9. The Morgan fingerprint density at radius 3 is 2.53 bits per heavy atom. The lowest BCUT2D eigenvalue weighted by molar-refractivity contribution is -0.118. The molecule has 4 rings (SSSR count). The molecule has 0 unspecified atom stereocenters. The molecule has 0 saturated heterocycles. The molecule has 0 bridgehead atoms. The number of carbonyl (C=O) groups excluding carboxylic acids is 1. The summed E-state index contributed by atoms with van der Waals surface area (Å²) in [6.45, 7) is 0.419. The quantitative estimate of drug-likeness (QED) is 0.371. The summed E-state index contributed by atoms with van der Waals surface area (Å²) in [4.78, 5) is 12.4. The number of carbonyl (C=O) groups is 1. The normalized spacial score (nSPS) is 10.7. The second-order valence-electron chi connectivity index (χ2n) is 6.90. The third-order valence-corrected chi connectivity index (χ3v) is 5.87. The van der Waals surface area contributed by atoms with Crippen molar-refractivity contribution in [2.45, 2.75) is 11.7 Å². The van der Waals surface area contributed by atoms with Crippen molar-refractivity contribution in [1.82, 2.24) is 20.1 Å². The van der Waals surface area contributed by atoms with Gasteiger partial charge in [-0.25, -0.2) is 0 Å². The molecule has 4 aromatic rings. The first kappa shape index (κ1) is 21.9. The molecule has 0 atom stereocenters. The van der Waals surface area contributed by atoms with Gasteiger partial charge in [-0.2, -0.15) is 0 Å². The highest BCUT2D eigenvalue weighted by molar-refractivity contribution is 7.99. The van der Waals surface area contributed by atoms with Gasteiger partial charge in [-0.05, 0) is 54.1 Å². The van der Waals surface area contributed by atoms with Crippen LogP contribution in [0.1, 0.15) is 5.56 Å². The Labute approximate surface area is 195 Å². The zero-order valence-corrected chi connectivity index (χ0v) is 18.9. The number of nitrogens with one attached hydrogen (secondary N) is 1. The summed E-state index contributed by atoms with van der Waals surface area (Å²) in [5.74, 6) is 1.59. The molecule has 0 spiro atoms. The number of para-hydroxylation sites is 1. The molecule has 0 aliphatic carbocycles. The lowest BCUT2D eigenvalue weighted by atomic mass is 10.2. The van der Waals surface area contributed by atoms with E-state index in [4.69, 9.17) is 16.3 Å². The van der Waals surface area contributed by atoms with Gasteiger partial charge in [0.2, 0.25) is 5.91 Å². The van der Waals surface area contributed by atoms with E-state index in [1.54, 1.807) is 13.2 Å². The van der Waals surface area contributed by atoms with Gasteiger partial charge in [-0.1, -0.05) is 53.7 Å². The van der Waals surface area contributed by atoms with E-state index in [1.807, 2.05) is 77.4 Å². The van der Waals surface area contributed by atoms with Gasteiger partial charge in [0.15, 0.2) is 11.0 Å². The first-order valence-electron chi connectivity index (χ1n) is 9.93. The number of rotatable bonds is 8. The number of aromatic nitrogens is 3. The molecule has 32 heavy (non-hydrogen) atoms. The van der Waals surface area contributed by atoms with Crippen LogP contribution in [0.3, 0.4) is 0 Å². The molecule has 162 valence electrons. The van der Waals surface area contributed by atoms with E-state index in [0.717, 1.165) is 22.6 Å². The van der Waals surface area contributed by atoms with Crippen LogP contribution in [0.2, 0.25) is 5.02 Å². The van der Waals surface area contributed by atoms with Crippen LogP contribution in [0.5, 0.6) is 5.75 Å². The fraction of sp³-hybridized carbons (Fsp3) is 0.125. The van der Waals surface area contributed by atoms with Crippen LogP contribution in [-0.2, 0) is 11.3 Å². The summed E-state index contributed by atoms with van der Waals surface area (Å²) in [6.07, 6.45) is 0. The highest BCUT2D eigenvalue weighted by Crippen LogP contribution is 2.29. The van der Waals surface area contributed by atoms with Crippen molar-refractivity contribution in [3.05, 3.63) is 89.4 Å². The van der Waals surface area contributed by atoms with Crippen LogP contribution < -0.4 is 10.1 Å². The zero-order valence-electron chi connectivity index (χ0n) is 17.4. The maximum Gasteiger partial charge on any atom is 0.230 e. The minimum atomic E-state index is -0.0939. The molecule has 1 heterocycles. The molecule has 8 heteroatoms. The second-order valence-corrected chi connectivity index (χ2v) is 8.28. The van der Waals surface area contributed by atoms with Crippen molar-refractivity contribution < 1.29 is 9.53 Å². The van der Waals surface area contributed by atoms with E-state index in [2.05, 4.69) is 15.5 Å². The molecule has 1 amide bonds. The first-order chi connectivity index (χ1) is 15.6. The van der Waals surface area contributed by atoms with Crippen molar-refractivity contribution >= 4 is 29.3 Å². The summed E-state index contributed by atoms with van der Waals surface area (Å²) in [5, 5.41) is 13.0. The Morgan fingerprint density at radius 1 is 1.03 bits per heavy atom. The van der Waals surface area contributed by atoms with Gasteiger partial charge in [0.1, 0.15) is 5.75 Å². The third-order valence-electron chi connectivity index (χ3n) is 4.71. The zero-order chi connectivity index (χ0) is 22.3. The number of hydrogen-bond acceptors (Lipinski definition) is 5. The van der Waals surface area contributed by atoms with Crippen LogP contribution in [0.4, 0.5) is 0 Å². The van der Waals surface area contributed by atoms with Gasteiger partial charge in [-0.3, -0.25) is 9.36 Å². The third kappa shape index (κ3) is 5.30. The molecular formula is C24H21ClN4O2S. The summed E-state index contributed by atoms with van der Waals surface area (Å²) in [7, 11) is 1.63. The van der Waals surface area contributed by atoms with E-state index in [0.29, 0.717) is 22.5 Å². The maximum absolute atomic E-state index is 12.4. The van der Waals surface area contributed by atoms with Crippen molar-refractivity contribution in [3.63, 3.8) is 0 Å². The lowest BCUT2D eigenvalue weighted by Crippen LogP contribution is -2.24. The molecule has 0 aliphatic heterocycles. The molecule has 1 aromatic heterocycles. The predicted octanol–water partition coefficient (Wildman–Crippen LogP) is 5.00. The Kier molecular flexibility index (Phi) is 7.09. The fourth-order valence-electron chi connectivity index (χ4n) is 3.13. The van der Waals surface area contributed by atoms with Crippen LogP contribution in [0.25, 0.3) is 17.1 Å². The fourth-order valence-corrected chi connectivity index (χ4v) is 4.12. The van der Waals surface area contributed by atoms with Crippen LogP contribution in [0, 0.1) is 0 Å². The summed E-state index contributed by atoms with van der Waals surface area (Å²) < 4.78 is 7.21. The number of halogens is 1. The second kappa shape index (κ2) is 10.3. The Hall–Kier alpha value is -3.29. The molecule has 0 radical (unpaired) electrons. The highest BCUT2D eigenvalue weighted by Gasteiger charge is 2.17. The van der Waals surface area contributed by atoms with Gasteiger partial charge >= 0.3 is 0 Å². The van der Waals surface area contributed by atoms with Crippen molar-refractivity contribution in [1.29, 1.82) is 0 Å². The average Bonchev–Trinajstić information content (AvgIpc) is 3.26. The molecule has 1 N–H and O–H groups in total. The van der Waals surface area contributed by atoms with Crippen molar-refractivity contribution in [2.75, 3.05) is 12.9 Å². The summed E-state index contributed by atoms with van der Waals surface area (Å²) in [5.41, 5.74) is 2.77. The number of methoxy groups -OCH3 is 1. The molecule has 0 aliphatic rings. The van der Waals surface area contributed by atoms with Crippen LogP contribution in [-0.4, -0.2) is 33.5 Å². The average molecular weight is 465 g/mol. The standard InChI is InChI=1S/C24H21ClN4O2S/c1-31-21-12-10-18(11-13-21)23-27-28-24(29(23)20-8-3-2-4-9-20)32-16-22(30)26-15-17-6-5-7-19(25)14-17/h2-14H,15-16H2,1H3,(H,26,30). The largest absolute Gasteiger partial charge is 0.497 e. The van der Waals surface area contributed by atoms with E-state index >= 15 is 0 Å². The van der Waals surface area contributed by atoms with Crippen molar-refractivity contribution in [3.8, 4) is 22.8 Å². The minimum Gasteiger partial charge on any atom is -0.497 e. The summed E-state index contributed by atoms with van der Waals surface area (Å²) >= 11 is 7.34. The van der Waals surface area contributed by atoms with E-state index < -0.39 is 0 Å². The Morgan fingerprint density at radius 2 is 1.81 bits per heavy atom. The molecule has 6 nitrogen and oxygen atoms in total. The number of thioether (sulfide) groups is 1. The van der Waals surface area contributed by atoms with Gasteiger partial charge in [0, 0.05) is 22.8 Å². The Balaban J connectivity index is 1.51. The van der Waals surface area contributed by atoms with Gasteiger partial charge in [0.25, 0.3) is 0 Å². The van der Waals surface area contributed by atoms with E-state index in [9.17, 15) is 4.79 Å². The van der Waals surface area contributed by atoms with Gasteiger partial charge < -0.3 is 10.1 Å².